The SMILES string of the molecule is CC1=CC=C2C(C)(C)CC[C@@H](O[Si](C)(C)C(C)(C)C)[C@]2(C)[C@@H]1C#N. The van der Waals surface area contributed by atoms with Gasteiger partial charge < -0.3 is 4.43 Å². The fraction of sp³-hybridized carbons (Fsp3) is 0.762. The highest BCUT2D eigenvalue weighted by Crippen LogP contribution is 2.59. The van der Waals surface area contributed by atoms with Crippen LogP contribution < -0.4 is 0 Å². The van der Waals surface area contributed by atoms with Crippen LogP contribution in [0.25, 0.3) is 0 Å². The van der Waals surface area contributed by atoms with Crippen molar-refractivity contribution in [2.45, 2.75) is 85.5 Å². The Morgan fingerprint density at radius 3 is 2.29 bits per heavy atom. The van der Waals surface area contributed by atoms with Crippen molar-refractivity contribution in [3.8, 4) is 6.07 Å². The van der Waals surface area contributed by atoms with Gasteiger partial charge in [-0.25, -0.2) is 0 Å². The third kappa shape index (κ3) is 2.93. The Labute approximate surface area is 150 Å². The molecular formula is C21H35NOSi. The Morgan fingerprint density at radius 1 is 1.21 bits per heavy atom. The van der Waals surface area contributed by atoms with E-state index in [9.17, 15) is 5.26 Å². The van der Waals surface area contributed by atoms with Gasteiger partial charge in [-0.3, -0.25) is 0 Å². The summed E-state index contributed by atoms with van der Waals surface area (Å²) in [5.41, 5.74) is 2.49. The first kappa shape index (κ1) is 19.5. The molecule has 1 saturated carbocycles. The van der Waals surface area contributed by atoms with Gasteiger partial charge in [0, 0.05) is 5.41 Å². The predicted molar refractivity (Wildman–Crippen MR) is 104 cm³/mol. The molecule has 0 unspecified atom stereocenters. The highest BCUT2D eigenvalue weighted by atomic mass is 28.4. The highest BCUT2D eigenvalue weighted by Gasteiger charge is 2.56. The minimum Gasteiger partial charge on any atom is -0.413 e. The zero-order valence-electron chi connectivity index (χ0n) is 17.1. The average Bonchev–Trinajstić information content (AvgIpc) is 2.40. The largest absolute Gasteiger partial charge is 0.413 e. The number of rotatable bonds is 2. The van der Waals surface area contributed by atoms with Gasteiger partial charge in [-0.2, -0.15) is 5.26 Å². The molecule has 2 nitrogen and oxygen atoms in total. The van der Waals surface area contributed by atoms with Crippen LogP contribution in [0.15, 0.2) is 23.3 Å². The molecule has 0 aliphatic heterocycles. The summed E-state index contributed by atoms with van der Waals surface area (Å²) in [7, 11) is -1.88. The van der Waals surface area contributed by atoms with Crippen molar-refractivity contribution in [1.82, 2.24) is 0 Å². The van der Waals surface area contributed by atoms with E-state index >= 15 is 0 Å². The summed E-state index contributed by atoms with van der Waals surface area (Å²) in [4.78, 5) is 0. The molecule has 0 aromatic carbocycles. The second-order valence-electron chi connectivity index (χ2n) is 10.1. The van der Waals surface area contributed by atoms with E-state index < -0.39 is 8.32 Å². The number of hydrogen-bond acceptors (Lipinski definition) is 2. The van der Waals surface area contributed by atoms with Crippen LogP contribution in [0, 0.1) is 28.1 Å². The molecule has 2 rings (SSSR count). The first-order chi connectivity index (χ1) is 10.8. The Kier molecular flexibility index (Phi) is 4.75. The highest BCUT2D eigenvalue weighted by molar-refractivity contribution is 6.74. The Bertz CT molecular complexity index is 615. The molecule has 0 heterocycles. The Hall–Kier alpha value is -0.853. The van der Waals surface area contributed by atoms with Gasteiger partial charge in [0.25, 0.3) is 0 Å². The third-order valence-electron chi connectivity index (χ3n) is 6.95. The van der Waals surface area contributed by atoms with E-state index in [1.54, 1.807) is 0 Å². The second-order valence-corrected chi connectivity index (χ2v) is 14.9. The van der Waals surface area contributed by atoms with E-state index in [-0.39, 0.29) is 27.9 Å². The van der Waals surface area contributed by atoms with Crippen LogP contribution in [-0.4, -0.2) is 14.4 Å². The van der Waals surface area contributed by atoms with Gasteiger partial charge in [-0.15, -0.1) is 0 Å². The number of allylic oxidation sites excluding steroid dienone is 3. The van der Waals surface area contributed by atoms with E-state index in [0.717, 1.165) is 12.8 Å². The number of hydrogen-bond donors (Lipinski definition) is 0. The molecule has 1 fully saturated rings. The van der Waals surface area contributed by atoms with E-state index in [0.29, 0.717) is 0 Å². The molecule has 0 aromatic rings. The summed E-state index contributed by atoms with van der Waals surface area (Å²) >= 11 is 0. The molecule has 0 N–H and O–H groups in total. The minimum absolute atomic E-state index is 0.0909. The summed E-state index contributed by atoms with van der Waals surface area (Å²) in [5.74, 6) is -0.0909. The van der Waals surface area contributed by atoms with Crippen molar-refractivity contribution < 1.29 is 4.43 Å². The molecule has 3 atom stereocenters. The van der Waals surface area contributed by atoms with Crippen LogP contribution in [0.4, 0.5) is 0 Å². The summed E-state index contributed by atoms with van der Waals surface area (Å²) in [5, 5.41) is 10.1. The fourth-order valence-electron chi connectivity index (χ4n) is 4.31. The number of nitrogens with zero attached hydrogens (tertiary/aromatic N) is 1. The average molecular weight is 346 g/mol. The molecule has 0 bridgehead atoms. The molecule has 0 saturated heterocycles. The lowest BCUT2D eigenvalue weighted by atomic mass is 9.52. The summed E-state index contributed by atoms with van der Waals surface area (Å²) in [6.07, 6.45) is 6.73. The van der Waals surface area contributed by atoms with Gasteiger partial charge >= 0.3 is 0 Å². The molecular weight excluding hydrogens is 310 g/mol. The Morgan fingerprint density at radius 2 is 1.79 bits per heavy atom. The van der Waals surface area contributed by atoms with Crippen LogP contribution in [-0.2, 0) is 4.43 Å². The number of nitriles is 1. The quantitative estimate of drug-likeness (QED) is 0.556. The lowest BCUT2D eigenvalue weighted by Gasteiger charge is -2.56. The minimum atomic E-state index is -1.88. The number of fused-ring (bicyclic) bond motifs is 1. The zero-order valence-corrected chi connectivity index (χ0v) is 18.1. The van der Waals surface area contributed by atoms with Gasteiger partial charge in [0.05, 0.1) is 18.1 Å². The van der Waals surface area contributed by atoms with E-state index in [1.807, 2.05) is 0 Å². The standard InChI is InChI=1S/C21H35NOSi/c1-15-10-11-17-20(5,6)13-12-18(21(17,7)16(15)14-22)23-24(8,9)19(2,3)4/h10-11,16,18H,12-13H2,1-9H3/t16-,18-,21-/m1/s1. The summed E-state index contributed by atoms with van der Waals surface area (Å²) < 4.78 is 6.91. The molecule has 3 heteroatoms. The zero-order chi connectivity index (χ0) is 18.6. The van der Waals surface area contributed by atoms with Gasteiger partial charge in [0.15, 0.2) is 8.32 Å². The van der Waals surface area contributed by atoms with E-state index in [1.165, 1.54) is 11.1 Å². The molecule has 0 spiro atoms. The van der Waals surface area contributed by atoms with Gasteiger partial charge in [-0.1, -0.05) is 64.8 Å². The van der Waals surface area contributed by atoms with Crippen molar-refractivity contribution in [1.29, 1.82) is 5.26 Å². The smallest absolute Gasteiger partial charge is 0.192 e. The lowest BCUT2D eigenvalue weighted by Crippen LogP contribution is -2.56. The van der Waals surface area contributed by atoms with E-state index in [4.69, 9.17) is 4.43 Å². The fourth-order valence-corrected chi connectivity index (χ4v) is 5.74. The first-order valence-corrected chi connectivity index (χ1v) is 12.1. The van der Waals surface area contributed by atoms with Gasteiger partial charge in [-0.05, 0) is 43.3 Å². The van der Waals surface area contributed by atoms with Crippen LogP contribution in [0.1, 0.15) is 61.3 Å². The molecule has 0 radical (unpaired) electrons. The maximum absolute atomic E-state index is 9.95. The molecule has 0 amide bonds. The van der Waals surface area contributed by atoms with Crippen molar-refractivity contribution in [3.63, 3.8) is 0 Å². The molecule has 0 aromatic heterocycles. The van der Waals surface area contributed by atoms with Gasteiger partial charge in [0.2, 0.25) is 0 Å². The first-order valence-electron chi connectivity index (χ1n) is 9.24. The van der Waals surface area contributed by atoms with Crippen molar-refractivity contribution >= 4 is 8.32 Å². The predicted octanol–water partition coefficient (Wildman–Crippen LogP) is 6.23. The van der Waals surface area contributed by atoms with Crippen LogP contribution >= 0.6 is 0 Å². The van der Waals surface area contributed by atoms with Crippen molar-refractivity contribution in [2.75, 3.05) is 0 Å². The molecule has 2 aliphatic rings. The van der Waals surface area contributed by atoms with Crippen molar-refractivity contribution in [2.24, 2.45) is 16.7 Å². The normalized spacial score (nSPS) is 33.2. The van der Waals surface area contributed by atoms with Crippen LogP contribution in [0.3, 0.4) is 0 Å². The van der Waals surface area contributed by atoms with Crippen molar-refractivity contribution in [3.05, 3.63) is 23.3 Å². The Balaban J connectivity index is 2.51. The second kappa shape index (κ2) is 5.85. The van der Waals surface area contributed by atoms with Crippen LogP contribution in [0.2, 0.25) is 18.1 Å². The monoisotopic (exact) mass is 345 g/mol. The molecule has 24 heavy (non-hydrogen) atoms. The maximum atomic E-state index is 9.95. The topological polar surface area (TPSA) is 33.0 Å². The van der Waals surface area contributed by atoms with Gasteiger partial charge in [0.1, 0.15) is 0 Å². The molecule has 2 aliphatic carbocycles. The molecule has 134 valence electrons. The summed E-state index contributed by atoms with van der Waals surface area (Å²) in [6.45, 7) is 20.5. The lowest BCUT2D eigenvalue weighted by molar-refractivity contribution is -0.000871. The summed E-state index contributed by atoms with van der Waals surface area (Å²) in [6, 6.07) is 2.61. The maximum Gasteiger partial charge on any atom is 0.192 e. The van der Waals surface area contributed by atoms with Crippen LogP contribution in [0.5, 0.6) is 0 Å². The third-order valence-corrected chi connectivity index (χ3v) is 11.4. The van der Waals surface area contributed by atoms with E-state index in [2.05, 4.69) is 79.8 Å².